The van der Waals surface area contributed by atoms with E-state index in [2.05, 4.69) is 52.9 Å². The summed E-state index contributed by atoms with van der Waals surface area (Å²) in [4.78, 5) is 39.6. The van der Waals surface area contributed by atoms with E-state index in [0.717, 1.165) is 70.6 Å². The van der Waals surface area contributed by atoms with Gasteiger partial charge in [-0.05, 0) is 122 Å². The van der Waals surface area contributed by atoms with E-state index in [0.29, 0.717) is 11.7 Å². The van der Waals surface area contributed by atoms with Gasteiger partial charge in [0.1, 0.15) is 6.23 Å². The van der Waals surface area contributed by atoms with Crippen molar-refractivity contribution in [3.63, 3.8) is 0 Å². The van der Waals surface area contributed by atoms with E-state index in [1.54, 1.807) is 6.92 Å². The van der Waals surface area contributed by atoms with Crippen molar-refractivity contribution < 1.29 is 19.1 Å². The van der Waals surface area contributed by atoms with E-state index in [1.807, 2.05) is 6.92 Å². The second-order valence-corrected chi connectivity index (χ2v) is 17.9. The molecule has 0 spiro atoms. The van der Waals surface area contributed by atoms with Gasteiger partial charge in [-0.15, -0.1) is 0 Å². The van der Waals surface area contributed by atoms with E-state index in [1.165, 1.54) is 12.0 Å². The van der Waals surface area contributed by atoms with Crippen molar-refractivity contribution in [1.29, 1.82) is 0 Å². The third-order valence-corrected chi connectivity index (χ3v) is 15.4. The van der Waals surface area contributed by atoms with Crippen LogP contribution in [0.3, 0.4) is 0 Å². The SMILES string of the molecule is CC(=O)NC(OC1CCC1)[C@H]1CC[C@@]2(C)C(CC[C@]3(C)[C@@H]2C(=O)C=C2[C@@H]4C[C@@](C)(C(N)=O)CC[C@]4(C)CC[C@]23C)C1(C)C. The van der Waals surface area contributed by atoms with Gasteiger partial charge in [0.15, 0.2) is 5.78 Å². The standard InChI is InChI=1S/C37H58N2O4/c1-22(40)39-30(43-23-10-9-11-23)24-12-14-35(6)28(32(24,2)3)13-15-37(8)29(35)27(41)20-25-26-21-34(5,31(38)42)17-16-33(26,4)18-19-36(25,37)7/h20,23-24,26,28-30H,9-19,21H2,1-8H3,(H2,38,42)(H,39,40)/t24-,26+,28?,29-,30?,33-,34+,35+,36-,37-/m1/s1. The molecule has 5 saturated carbocycles. The van der Waals surface area contributed by atoms with Crippen LogP contribution >= 0.6 is 0 Å². The molecule has 10 atom stereocenters. The highest BCUT2D eigenvalue weighted by atomic mass is 16.5. The molecule has 0 aromatic heterocycles. The van der Waals surface area contributed by atoms with Crippen molar-refractivity contribution >= 4 is 17.6 Å². The normalized spacial score (nSPS) is 47.9. The van der Waals surface area contributed by atoms with Gasteiger partial charge < -0.3 is 15.8 Å². The number of nitrogens with two attached hydrogens (primary N) is 1. The van der Waals surface area contributed by atoms with Gasteiger partial charge in [-0.1, -0.05) is 54.0 Å². The van der Waals surface area contributed by atoms with Crippen LogP contribution in [0.5, 0.6) is 0 Å². The molecule has 240 valence electrons. The van der Waals surface area contributed by atoms with E-state index in [-0.39, 0.29) is 69.0 Å². The number of amides is 2. The molecule has 5 fully saturated rings. The second-order valence-electron chi connectivity index (χ2n) is 17.9. The Bertz CT molecular complexity index is 1240. The van der Waals surface area contributed by atoms with Gasteiger partial charge in [-0.2, -0.15) is 0 Å². The van der Waals surface area contributed by atoms with Crippen molar-refractivity contribution in [3.8, 4) is 0 Å². The summed E-state index contributed by atoms with van der Waals surface area (Å²) < 4.78 is 6.57. The molecule has 6 nitrogen and oxygen atoms in total. The van der Waals surface area contributed by atoms with Gasteiger partial charge in [0.2, 0.25) is 11.8 Å². The Balaban J connectivity index is 1.36. The summed E-state index contributed by atoms with van der Waals surface area (Å²) in [5.41, 5.74) is 6.49. The fraction of sp³-hybridized carbons (Fsp3) is 0.865. The molecule has 0 saturated heterocycles. The molecule has 43 heavy (non-hydrogen) atoms. The van der Waals surface area contributed by atoms with E-state index in [9.17, 15) is 14.4 Å². The highest BCUT2D eigenvalue weighted by Crippen LogP contribution is 2.75. The van der Waals surface area contributed by atoms with Gasteiger partial charge >= 0.3 is 0 Å². The molecule has 0 aliphatic heterocycles. The van der Waals surface area contributed by atoms with Gasteiger partial charge in [0, 0.05) is 24.2 Å². The van der Waals surface area contributed by atoms with Crippen molar-refractivity contribution in [2.24, 2.45) is 61.9 Å². The Morgan fingerprint density at radius 3 is 2.21 bits per heavy atom. The number of nitrogens with one attached hydrogen (secondary N) is 1. The average molecular weight is 595 g/mol. The van der Waals surface area contributed by atoms with Gasteiger partial charge in [0.05, 0.1) is 6.10 Å². The molecule has 2 unspecified atom stereocenters. The zero-order chi connectivity index (χ0) is 31.4. The summed E-state index contributed by atoms with van der Waals surface area (Å²) >= 11 is 0. The average Bonchev–Trinajstić information content (AvgIpc) is 2.87. The second kappa shape index (κ2) is 9.90. The Kier molecular flexibility index (Phi) is 7.21. The van der Waals surface area contributed by atoms with Crippen molar-refractivity contribution in [2.75, 3.05) is 0 Å². The molecule has 6 rings (SSSR count). The lowest BCUT2D eigenvalue weighted by Gasteiger charge is -2.71. The Hall–Kier alpha value is -1.69. The van der Waals surface area contributed by atoms with Gasteiger partial charge in [-0.25, -0.2) is 0 Å². The first kappa shape index (κ1) is 31.3. The van der Waals surface area contributed by atoms with E-state index in [4.69, 9.17) is 10.5 Å². The molecular weight excluding hydrogens is 536 g/mol. The van der Waals surface area contributed by atoms with Crippen molar-refractivity contribution in [1.82, 2.24) is 5.32 Å². The number of primary amides is 1. The zero-order valence-corrected chi connectivity index (χ0v) is 28.2. The van der Waals surface area contributed by atoms with Crippen LogP contribution in [-0.4, -0.2) is 29.9 Å². The lowest BCUT2D eigenvalue weighted by molar-refractivity contribution is -0.211. The summed E-state index contributed by atoms with van der Waals surface area (Å²) in [6.45, 7) is 18.2. The monoisotopic (exact) mass is 594 g/mol. The minimum atomic E-state index is -0.512. The first-order chi connectivity index (χ1) is 19.9. The minimum Gasteiger partial charge on any atom is -0.369 e. The van der Waals surface area contributed by atoms with Crippen LogP contribution < -0.4 is 11.1 Å². The summed E-state index contributed by atoms with van der Waals surface area (Å²) in [6.07, 6.45) is 14.3. The molecule has 6 aliphatic rings. The summed E-state index contributed by atoms with van der Waals surface area (Å²) in [5, 5.41) is 3.20. The minimum absolute atomic E-state index is 0.0304. The number of ether oxygens (including phenoxy) is 1. The fourth-order valence-corrected chi connectivity index (χ4v) is 12.1. The molecule has 0 radical (unpaired) electrons. The number of hydrogen-bond donors (Lipinski definition) is 2. The zero-order valence-electron chi connectivity index (χ0n) is 28.2. The topological polar surface area (TPSA) is 98.5 Å². The van der Waals surface area contributed by atoms with Crippen LogP contribution in [0.1, 0.15) is 132 Å². The van der Waals surface area contributed by atoms with Gasteiger partial charge in [0.25, 0.3) is 0 Å². The van der Waals surface area contributed by atoms with E-state index < -0.39 is 5.41 Å². The first-order valence-corrected chi connectivity index (χ1v) is 17.4. The molecule has 0 aromatic rings. The number of hydrogen-bond acceptors (Lipinski definition) is 4. The van der Waals surface area contributed by atoms with Crippen molar-refractivity contribution in [3.05, 3.63) is 11.6 Å². The maximum absolute atomic E-state index is 14.7. The molecule has 0 bridgehead atoms. The molecule has 0 heterocycles. The third kappa shape index (κ3) is 4.37. The Labute approximate surface area is 260 Å². The Morgan fingerprint density at radius 2 is 1.60 bits per heavy atom. The number of allylic oxidation sites excluding steroid dienone is 2. The maximum atomic E-state index is 14.7. The predicted molar refractivity (Wildman–Crippen MR) is 168 cm³/mol. The molecular formula is C37H58N2O4. The Morgan fingerprint density at radius 1 is 0.930 bits per heavy atom. The number of fused-ring (bicyclic) bond motifs is 7. The van der Waals surface area contributed by atoms with Crippen LogP contribution in [-0.2, 0) is 19.1 Å². The largest absolute Gasteiger partial charge is 0.369 e. The van der Waals surface area contributed by atoms with Crippen molar-refractivity contribution in [2.45, 2.75) is 145 Å². The van der Waals surface area contributed by atoms with Crippen LogP contribution in [0.2, 0.25) is 0 Å². The number of ketones is 1. The highest BCUT2D eigenvalue weighted by Gasteiger charge is 2.70. The molecule has 3 N–H and O–H groups in total. The van der Waals surface area contributed by atoms with Crippen LogP contribution in [0.15, 0.2) is 11.6 Å². The quantitative estimate of drug-likeness (QED) is 0.332. The summed E-state index contributed by atoms with van der Waals surface area (Å²) in [5.74, 6) is 0.855. The van der Waals surface area contributed by atoms with E-state index >= 15 is 0 Å². The fourth-order valence-electron chi connectivity index (χ4n) is 12.1. The maximum Gasteiger partial charge on any atom is 0.223 e. The predicted octanol–water partition coefficient (Wildman–Crippen LogP) is 7.10. The summed E-state index contributed by atoms with van der Waals surface area (Å²) in [7, 11) is 0. The van der Waals surface area contributed by atoms with Crippen LogP contribution in [0.25, 0.3) is 0 Å². The van der Waals surface area contributed by atoms with Crippen LogP contribution in [0.4, 0.5) is 0 Å². The molecule has 6 aliphatic carbocycles. The summed E-state index contributed by atoms with van der Waals surface area (Å²) in [6, 6.07) is 0. The molecule has 2 amide bonds. The first-order valence-electron chi connectivity index (χ1n) is 17.4. The number of carbonyl (C=O) groups is 3. The molecule has 6 heteroatoms. The van der Waals surface area contributed by atoms with Gasteiger partial charge in [-0.3, -0.25) is 14.4 Å². The lowest BCUT2D eigenvalue weighted by atomic mass is 9.33. The third-order valence-electron chi connectivity index (χ3n) is 15.4. The molecule has 0 aromatic carbocycles. The smallest absolute Gasteiger partial charge is 0.223 e. The highest BCUT2D eigenvalue weighted by molar-refractivity contribution is 5.95. The number of carbonyl (C=O) groups excluding carboxylic acids is 3. The number of rotatable bonds is 5. The lowest BCUT2D eigenvalue weighted by Crippen LogP contribution is -2.67. The van der Waals surface area contributed by atoms with Crippen LogP contribution in [0, 0.1) is 56.2 Å².